The largest absolute Gasteiger partial charge is 0.493 e. The van der Waals surface area contributed by atoms with Gasteiger partial charge in [-0.2, -0.15) is 0 Å². The molecule has 1 aliphatic heterocycles. The van der Waals surface area contributed by atoms with Crippen molar-refractivity contribution in [2.45, 2.75) is 13.8 Å². The lowest BCUT2D eigenvalue weighted by Gasteiger charge is -2.08. The first-order chi connectivity index (χ1) is 9.97. The molecular formula is C16H16O5. The zero-order valence-electron chi connectivity index (χ0n) is 12.4. The second-order valence-electron chi connectivity index (χ2n) is 4.72. The Balaban J connectivity index is 2.50. The van der Waals surface area contributed by atoms with E-state index in [0.717, 1.165) is 5.57 Å². The molecule has 2 rings (SSSR count). The summed E-state index contributed by atoms with van der Waals surface area (Å²) >= 11 is 0. The molecule has 1 aromatic rings. The van der Waals surface area contributed by atoms with Gasteiger partial charge in [0.15, 0.2) is 11.5 Å². The Morgan fingerprint density at radius 2 is 1.71 bits per heavy atom. The van der Waals surface area contributed by atoms with E-state index < -0.39 is 11.9 Å². The molecule has 0 radical (unpaired) electrons. The number of carbonyl (C=O) groups is 2. The van der Waals surface area contributed by atoms with Gasteiger partial charge >= 0.3 is 11.9 Å². The first-order valence-corrected chi connectivity index (χ1v) is 6.36. The van der Waals surface area contributed by atoms with E-state index in [-0.39, 0.29) is 5.57 Å². The summed E-state index contributed by atoms with van der Waals surface area (Å²) in [6.07, 6.45) is 1.61. The van der Waals surface area contributed by atoms with E-state index in [2.05, 4.69) is 4.74 Å². The number of carbonyl (C=O) groups excluding carboxylic acids is 2. The summed E-state index contributed by atoms with van der Waals surface area (Å²) in [5, 5.41) is 0. The fourth-order valence-corrected chi connectivity index (χ4v) is 2.12. The summed E-state index contributed by atoms with van der Waals surface area (Å²) in [5.41, 5.74) is 2.02. The molecule has 0 aromatic heterocycles. The van der Waals surface area contributed by atoms with E-state index in [9.17, 15) is 9.59 Å². The summed E-state index contributed by atoms with van der Waals surface area (Å²) in [7, 11) is 3.08. The monoisotopic (exact) mass is 288 g/mol. The highest BCUT2D eigenvalue weighted by atomic mass is 16.6. The Hall–Kier alpha value is -2.56. The summed E-state index contributed by atoms with van der Waals surface area (Å²) in [5.74, 6) is -0.104. The molecule has 0 spiro atoms. The highest BCUT2D eigenvalue weighted by Gasteiger charge is 2.34. The molecule has 1 saturated heterocycles. The molecule has 1 heterocycles. The van der Waals surface area contributed by atoms with E-state index in [0.29, 0.717) is 22.6 Å². The van der Waals surface area contributed by atoms with Gasteiger partial charge in [-0.25, -0.2) is 9.59 Å². The number of hydrogen-bond donors (Lipinski definition) is 0. The van der Waals surface area contributed by atoms with E-state index in [4.69, 9.17) is 9.47 Å². The number of cyclic esters (lactones) is 2. The highest BCUT2D eigenvalue weighted by Crippen LogP contribution is 2.31. The lowest BCUT2D eigenvalue weighted by molar-refractivity contribution is -0.149. The van der Waals surface area contributed by atoms with Gasteiger partial charge in [0.25, 0.3) is 0 Å². The van der Waals surface area contributed by atoms with Crippen LogP contribution in [0.25, 0.3) is 6.08 Å². The molecule has 21 heavy (non-hydrogen) atoms. The fraction of sp³-hybridized carbons (Fsp3) is 0.250. The van der Waals surface area contributed by atoms with Gasteiger partial charge in [0.1, 0.15) is 0 Å². The topological polar surface area (TPSA) is 61.8 Å². The average Bonchev–Trinajstić information content (AvgIpc) is 2.73. The number of esters is 2. The lowest BCUT2D eigenvalue weighted by atomic mass is 10.0. The first-order valence-electron chi connectivity index (χ1n) is 6.36. The van der Waals surface area contributed by atoms with Gasteiger partial charge in [-0.15, -0.1) is 0 Å². The van der Waals surface area contributed by atoms with Crippen molar-refractivity contribution >= 4 is 18.0 Å². The molecule has 0 unspecified atom stereocenters. The van der Waals surface area contributed by atoms with Crippen LogP contribution in [0.2, 0.25) is 0 Å². The van der Waals surface area contributed by atoms with Crippen LogP contribution < -0.4 is 9.47 Å². The minimum absolute atomic E-state index is 0.257. The third kappa shape index (κ3) is 2.81. The van der Waals surface area contributed by atoms with Crippen LogP contribution >= 0.6 is 0 Å². The first kappa shape index (κ1) is 14.8. The second kappa shape index (κ2) is 5.83. The Morgan fingerprint density at radius 3 is 2.29 bits per heavy atom. The highest BCUT2D eigenvalue weighted by molar-refractivity contribution is 6.20. The molecular weight excluding hydrogens is 272 g/mol. The molecule has 5 nitrogen and oxygen atoms in total. The molecule has 5 heteroatoms. The zero-order valence-corrected chi connectivity index (χ0v) is 12.4. The van der Waals surface area contributed by atoms with Crippen molar-refractivity contribution in [2.24, 2.45) is 0 Å². The smallest absolute Gasteiger partial charge is 0.346 e. The van der Waals surface area contributed by atoms with Gasteiger partial charge < -0.3 is 14.2 Å². The third-order valence-electron chi connectivity index (χ3n) is 3.10. The minimum atomic E-state index is -0.633. The Bertz CT molecular complexity index is 663. The third-order valence-corrected chi connectivity index (χ3v) is 3.10. The molecule has 0 bridgehead atoms. The van der Waals surface area contributed by atoms with Gasteiger partial charge in [0.2, 0.25) is 0 Å². The molecule has 1 aliphatic rings. The number of benzene rings is 1. The summed E-state index contributed by atoms with van der Waals surface area (Å²) < 4.78 is 15.0. The molecule has 1 aromatic carbocycles. The molecule has 0 amide bonds. The molecule has 0 aliphatic carbocycles. The zero-order chi connectivity index (χ0) is 15.6. The van der Waals surface area contributed by atoms with E-state index in [1.165, 1.54) is 7.11 Å². The standard InChI is InChI=1S/C16H16O5/c1-9(2)14-11(15(17)21-16(14)18)7-10-5-6-12(19-3)13(8-10)20-4/h5-8H,1-4H3/b11-7+. The summed E-state index contributed by atoms with van der Waals surface area (Å²) in [4.78, 5) is 23.4. The summed E-state index contributed by atoms with van der Waals surface area (Å²) in [6.45, 7) is 3.52. The fourth-order valence-electron chi connectivity index (χ4n) is 2.12. The maximum Gasteiger partial charge on any atom is 0.346 e. The van der Waals surface area contributed by atoms with Gasteiger partial charge in [0, 0.05) is 0 Å². The van der Waals surface area contributed by atoms with E-state index >= 15 is 0 Å². The molecule has 0 atom stereocenters. The number of methoxy groups -OCH3 is 2. The summed E-state index contributed by atoms with van der Waals surface area (Å²) in [6, 6.07) is 5.23. The Kier molecular flexibility index (Phi) is 4.12. The van der Waals surface area contributed by atoms with Crippen LogP contribution in [0.3, 0.4) is 0 Å². The number of hydrogen-bond acceptors (Lipinski definition) is 5. The maximum atomic E-state index is 11.8. The number of allylic oxidation sites excluding steroid dienone is 1. The SMILES string of the molecule is COc1ccc(/C=C2/C(=O)OC(=O)C2=C(C)C)cc1OC. The number of rotatable bonds is 3. The molecule has 110 valence electrons. The normalized spacial score (nSPS) is 16.2. The minimum Gasteiger partial charge on any atom is -0.493 e. The average molecular weight is 288 g/mol. The van der Waals surface area contributed by atoms with Crippen LogP contribution in [0.1, 0.15) is 19.4 Å². The molecule has 1 fully saturated rings. The van der Waals surface area contributed by atoms with Gasteiger partial charge in [-0.05, 0) is 37.6 Å². The predicted octanol–water partition coefficient (Wildman–Crippen LogP) is 2.51. The van der Waals surface area contributed by atoms with Crippen molar-refractivity contribution in [2.75, 3.05) is 14.2 Å². The van der Waals surface area contributed by atoms with Crippen LogP contribution in [0.15, 0.2) is 34.9 Å². The second-order valence-corrected chi connectivity index (χ2v) is 4.72. The van der Waals surface area contributed by atoms with Crippen LogP contribution in [0.4, 0.5) is 0 Å². The lowest BCUT2D eigenvalue weighted by Crippen LogP contribution is -1.97. The van der Waals surface area contributed by atoms with Crippen molar-refractivity contribution < 1.29 is 23.8 Å². The Morgan fingerprint density at radius 1 is 1.05 bits per heavy atom. The quantitative estimate of drug-likeness (QED) is 0.486. The van der Waals surface area contributed by atoms with E-state index in [1.807, 2.05) is 0 Å². The van der Waals surface area contributed by atoms with Crippen molar-refractivity contribution in [3.8, 4) is 11.5 Å². The van der Waals surface area contributed by atoms with Crippen LogP contribution in [-0.4, -0.2) is 26.2 Å². The van der Waals surface area contributed by atoms with Gasteiger partial charge in [-0.1, -0.05) is 11.6 Å². The van der Waals surface area contributed by atoms with Crippen LogP contribution in [0.5, 0.6) is 11.5 Å². The molecule has 0 N–H and O–H groups in total. The van der Waals surface area contributed by atoms with Crippen molar-refractivity contribution in [1.82, 2.24) is 0 Å². The number of ether oxygens (including phenoxy) is 3. The molecule has 0 saturated carbocycles. The van der Waals surface area contributed by atoms with Crippen molar-refractivity contribution in [1.29, 1.82) is 0 Å². The van der Waals surface area contributed by atoms with Crippen molar-refractivity contribution in [3.05, 3.63) is 40.5 Å². The Labute approximate surface area is 122 Å². The van der Waals surface area contributed by atoms with Crippen LogP contribution in [0, 0.1) is 0 Å². The van der Waals surface area contributed by atoms with Crippen LogP contribution in [-0.2, 0) is 14.3 Å². The van der Waals surface area contributed by atoms with Gasteiger partial charge in [0.05, 0.1) is 25.4 Å². The maximum absolute atomic E-state index is 11.8. The predicted molar refractivity (Wildman–Crippen MR) is 77.0 cm³/mol. The van der Waals surface area contributed by atoms with Crippen molar-refractivity contribution in [3.63, 3.8) is 0 Å². The van der Waals surface area contributed by atoms with E-state index in [1.54, 1.807) is 45.2 Å². The van der Waals surface area contributed by atoms with Gasteiger partial charge in [-0.3, -0.25) is 0 Å².